The summed E-state index contributed by atoms with van der Waals surface area (Å²) >= 11 is 0. The molecule has 106 valence electrons. The number of fused-ring (bicyclic) bond motifs is 1. The van der Waals surface area contributed by atoms with Crippen LogP contribution in [0.1, 0.15) is 11.1 Å². The van der Waals surface area contributed by atoms with Gasteiger partial charge >= 0.3 is 0 Å². The fourth-order valence-electron chi connectivity index (χ4n) is 2.38. The summed E-state index contributed by atoms with van der Waals surface area (Å²) in [5.74, 6) is 0.910. The number of ether oxygens (including phenoxy) is 1. The summed E-state index contributed by atoms with van der Waals surface area (Å²) < 4.78 is 5.88. The van der Waals surface area contributed by atoms with Gasteiger partial charge < -0.3 is 10.1 Å². The first-order valence-corrected chi connectivity index (χ1v) is 7.19. The molecule has 1 N–H and O–H groups in total. The first kappa shape index (κ1) is 13.7. The number of hydrogen-bond acceptors (Lipinski definition) is 2. The van der Waals surface area contributed by atoms with E-state index < -0.39 is 0 Å². The third-order valence-corrected chi connectivity index (χ3v) is 3.53. The van der Waals surface area contributed by atoms with Crippen molar-refractivity contribution in [2.75, 3.05) is 7.05 Å². The van der Waals surface area contributed by atoms with Gasteiger partial charge in [-0.05, 0) is 41.1 Å². The van der Waals surface area contributed by atoms with Gasteiger partial charge in [-0.25, -0.2) is 0 Å². The topological polar surface area (TPSA) is 21.3 Å². The lowest BCUT2D eigenvalue weighted by atomic mass is 10.1. The second-order valence-corrected chi connectivity index (χ2v) is 5.14. The number of hydrogen-bond donors (Lipinski definition) is 1. The van der Waals surface area contributed by atoms with E-state index in [-0.39, 0.29) is 0 Å². The van der Waals surface area contributed by atoms with Gasteiger partial charge in [0.25, 0.3) is 0 Å². The average molecular weight is 277 g/mol. The van der Waals surface area contributed by atoms with E-state index >= 15 is 0 Å². The molecule has 3 aromatic rings. The highest BCUT2D eigenvalue weighted by Crippen LogP contribution is 2.21. The third kappa shape index (κ3) is 3.41. The molecular weight excluding hydrogens is 258 g/mol. The highest BCUT2D eigenvalue weighted by Gasteiger charge is 1.99. The molecule has 2 heteroatoms. The molecule has 0 amide bonds. The van der Waals surface area contributed by atoms with Crippen molar-refractivity contribution in [1.29, 1.82) is 0 Å². The molecule has 21 heavy (non-hydrogen) atoms. The van der Waals surface area contributed by atoms with Gasteiger partial charge in [0.15, 0.2) is 0 Å². The molecule has 0 aromatic heterocycles. The molecule has 0 saturated carbocycles. The van der Waals surface area contributed by atoms with Crippen LogP contribution < -0.4 is 10.1 Å². The Labute approximate surface area is 125 Å². The summed E-state index contributed by atoms with van der Waals surface area (Å²) in [5, 5.41) is 5.59. The van der Waals surface area contributed by atoms with Crippen molar-refractivity contribution in [3.05, 3.63) is 77.9 Å². The lowest BCUT2D eigenvalue weighted by Gasteiger charge is -2.08. The lowest BCUT2D eigenvalue weighted by molar-refractivity contribution is 0.306. The Morgan fingerprint density at radius 2 is 1.52 bits per heavy atom. The average Bonchev–Trinajstić information content (AvgIpc) is 2.54. The zero-order chi connectivity index (χ0) is 14.5. The van der Waals surface area contributed by atoms with Crippen LogP contribution in [-0.4, -0.2) is 7.05 Å². The molecule has 0 aliphatic heterocycles. The molecule has 0 saturated heterocycles. The van der Waals surface area contributed by atoms with Crippen LogP contribution in [0.15, 0.2) is 66.7 Å². The lowest BCUT2D eigenvalue weighted by Crippen LogP contribution is -2.05. The van der Waals surface area contributed by atoms with Crippen LogP contribution in [-0.2, 0) is 13.2 Å². The molecule has 3 rings (SSSR count). The van der Waals surface area contributed by atoms with Crippen molar-refractivity contribution in [3.8, 4) is 5.75 Å². The first-order chi connectivity index (χ1) is 10.3. The van der Waals surface area contributed by atoms with Gasteiger partial charge in [0.05, 0.1) is 0 Å². The smallest absolute Gasteiger partial charge is 0.120 e. The number of rotatable bonds is 5. The normalized spacial score (nSPS) is 10.7. The van der Waals surface area contributed by atoms with Crippen LogP contribution in [0.2, 0.25) is 0 Å². The first-order valence-electron chi connectivity index (χ1n) is 7.19. The van der Waals surface area contributed by atoms with Crippen LogP contribution >= 0.6 is 0 Å². The van der Waals surface area contributed by atoms with Crippen molar-refractivity contribution >= 4 is 10.8 Å². The standard InChI is InChI=1S/C19H19NO/c1-20-13-15-6-8-16(9-7-15)14-21-19-11-10-17-4-2-3-5-18(17)12-19/h2-12,20H,13-14H2,1H3. The summed E-state index contributed by atoms with van der Waals surface area (Å²) in [6, 6.07) is 23.0. The zero-order valence-corrected chi connectivity index (χ0v) is 12.2. The maximum absolute atomic E-state index is 5.88. The minimum Gasteiger partial charge on any atom is -0.489 e. The van der Waals surface area contributed by atoms with E-state index in [4.69, 9.17) is 4.74 Å². The molecular formula is C19H19NO. The Bertz CT molecular complexity index is 719. The second kappa shape index (κ2) is 6.42. The van der Waals surface area contributed by atoms with E-state index in [1.165, 1.54) is 21.9 Å². The zero-order valence-electron chi connectivity index (χ0n) is 12.2. The van der Waals surface area contributed by atoms with Gasteiger partial charge in [-0.1, -0.05) is 54.6 Å². The molecule has 2 nitrogen and oxygen atoms in total. The molecule has 0 radical (unpaired) electrons. The fraction of sp³-hybridized carbons (Fsp3) is 0.158. The second-order valence-electron chi connectivity index (χ2n) is 5.14. The summed E-state index contributed by atoms with van der Waals surface area (Å²) in [7, 11) is 1.96. The molecule has 0 aliphatic carbocycles. The van der Waals surface area contributed by atoms with Crippen molar-refractivity contribution in [2.24, 2.45) is 0 Å². The highest BCUT2D eigenvalue weighted by molar-refractivity contribution is 5.83. The monoisotopic (exact) mass is 277 g/mol. The molecule has 0 heterocycles. The van der Waals surface area contributed by atoms with Gasteiger partial charge in [0, 0.05) is 6.54 Å². The van der Waals surface area contributed by atoms with E-state index in [9.17, 15) is 0 Å². The summed E-state index contributed by atoms with van der Waals surface area (Å²) in [6.45, 7) is 1.49. The largest absolute Gasteiger partial charge is 0.489 e. The van der Waals surface area contributed by atoms with E-state index in [2.05, 4.69) is 59.9 Å². The van der Waals surface area contributed by atoms with Crippen molar-refractivity contribution in [2.45, 2.75) is 13.2 Å². The molecule has 0 atom stereocenters. The Morgan fingerprint density at radius 3 is 2.29 bits per heavy atom. The van der Waals surface area contributed by atoms with Gasteiger partial charge in [0.2, 0.25) is 0 Å². The van der Waals surface area contributed by atoms with Crippen molar-refractivity contribution in [3.63, 3.8) is 0 Å². The van der Waals surface area contributed by atoms with Gasteiger partial charge in [-0.2, -0.15) is 0 Å². The van der Waals surface area contributed by atoms with Crippen LogP contribution in [0.5, 0.6) is 5.75 Å². The van der Waals surface area contributed by atoms with Crippen LogP contribution in [0.4, 0.5) is 0 Å². The fourth-order valence-corrected chi connectivity index (χ4v) is 2.38. The quantitative estimate of drug-likeness (QED) is 0.757. The van der Waals surface area contributed by atoms with E-state index in [0.717, 1.165) is 12.3 Å². The molecule has 0 bridgehead atoms. The number of nitrogens with one attached hydrogen (secondary N) is 1. The van der Waals surface area contributed by atoms with Crippen LogP contribution in [0.25, 0.3) is 10.8 Å². The highest BCUT2D eigenvalue weighted by atomic mass is 16.5. The summed E-state index contributed by atoms with van der Waals surface area (Å²) in [6.07, 6.45) is 0. The van der Waals surface area contributed by atoms with Crippen LogP contribution in [0.3, 0.4) is 0 Å². The minimum absolute atomic E-state index is 0.595. The third-order valence-electron chi connectivity index (χ3n) is 3.53. The predicted octanol–water partition coefficient (Wildman–Crippen LogP) is 4.14. The molecule has 0 spiro atoms. The summed E-state index contributed by atoms with van der Waals surface area (Å²) in [4.78, 5) is 0. The Kier molecular flexibility index (Phi) is 4.17. The van der Waals surface area contributed by atoms with Gasteiger partial charge in [-0.15, -0.1) is 0 Å². The summed E-state index contributed by atoms with van der Waals surface area (Å²) in [5.41, 5.74) is 2.47. The molecule has 0 aliphatic rings. The van der Waals surface area contributed by atoms with Crippen LogP contribution in [0, 0.1) is 0 Å². The molecule has 0 unspecified atom stereocenters. The van der Waals surface area contributed by atoms with Gasteiger partial charge in [-0.3, -0.25) is 0 Å². The maximum Gasteiger partial charge on any atom is 0.120 e. The van der Waals surface area contributed by atoms with Gasteiger partial charge in [0.1, 0.15) is 12.4 Å². The SMILES string of the molecule is CNCc1ccc(COc2ccc3ccccc3c2)cc1. The Balaban J connectivity index is 1.68. The van der Waals surface area contributed by atoms with Crippen molar-refractivity contribution < 1.29 is 4.74 Å². The maximum atomic E-state index is 5.88. The molecule has 0 fully saturated rings. The van der Waals surface area contributed by atoms with E-state index in [1.54, 1.807) is 0 Å². The number of benzene rings is 3. The molecule has 3 aromatic carbocycles. The van der Waals surface area contributed by atoms with E-state index in [0.29, 0.717) is 6.61 Å². The minimum atomic E-state index is 0.595. The Hall–Kier alpha value is -2.32. The predicted molar refractivity (Wildman–Crippen MR) is 87.5 cm³/mol. The Morgan fingerprint density at radius 1 is 0.810 bits per heavy atom. The van der Waals surface area contributed by atoms with E-state index in [1.807, 2.05) is 19.2 Å². The van der Waals surface area contributed by atoms with Crippen molar-refractivity contribution in [1.82, 2.24) is 5.32 Å².